The molecule has 0 aromatic heterocycles. The van der Waals surface area contributed by atoms with Crippen molar-refractivity contribution in [3.63, 3.8) is 0 Å². The van der Waals surface area contributed by atoms with Gasteiger partial charge < -0.3 is 4.90 Å². The Kier molecular flexibility index (Phi) is 3.12. The Morgan fingerprint density at radius 1 is 1.50 bits per heavy atom. The molecule has 0 fully saturated rings. The van der Waals surface area contributed by atoms with Crippen LogP contribution in [0, 0.1) is 5.92 Å². The van der Waals surface area contributed by atoms with Crippen molar-refractivity contribution >= 4 is 6.34 Å². The quantitative estimate of drug-likeness (QED) is 0.630. The summed E-state index contributed by atoms with van der Waals surface area (Å²) in [5.74, 6) is 0.759. The van der Waals surface area contributed by atoms with E-state index in [1.165, 1.54) is 6.42 Å². The van der Waals surface area contributed by atoms with Gasteiger partial charge in [0.1, 0.15) is 0 Å². The van der Waals surface area contributed by atoms with Crippen molar-refractivity contribution in [2.24, 2.45) is 10.9 Å². The maximum absolute atomic E-state index is 4.34. The molecular formula is C10H20N2. The summed E-state index contributed by atoms with van der Waals surface area (Å²) in [5.41, 5.74) is 0. The van der Waals surface area contributed by atoms with E-state index in [1.807, 2.05) is 6.34 Å². The highest BCUT2D eigenvalue weighted by Crippen LogP contribution is 2.19. The SMILES string of the molecule is CCC(C)C1CN=CN1C(C)C. The van der Waals surface area contributed by atoms with Gasteiger partial charge in [-0.25, -0.2) is 0 Å². The van der Waals surface area contributed by atoms with Gasteiger partial charge in [0, 0.05) is 6.04 Å². The van der Waals surface area contributed by atoms with Crippen LogP contribution in [-0.2, 0) is 0 Å². The smallest absolute Gasteiger partial charge is 0.0856 e. The van der Waals surface area contributed by atoms with Crippen LogP contribution in [0.25, 0.3) is 0 Å². The normalized spacial score (nSPS) is 25.4. The molecule has 0 radical (unpaired) electrons. The van der Waals surface area contributed by atoms with E-state index in [-0.39, 0.29) is 0 Å². The monoisotopic (exact) mass is 168 g/mol. The molecule has 70 valence electrons. The van der Waals surface area contributed by atoms with Crippen LogP contribution in [0.4, 0.5) is 0 Å². The Morgan fingerprint density at radius 2 is 2.17 bits per heavy atom. The molecular weight excluding hydrogens is 148 g/mol. The molecule has 0 amide bonds. The van der Waals surface area contributed by atoms with E-state index in [9.17, 15) is 0 Å². The van der Waals surface area contributed by atoms with Gasteiger partial charge in [-0.3, -0.25) is 4.99 Å². The minimum Gasteiger partial charge on any atom is -0.355 e. The Balaban J connectivity index is 2.55. The van der Waals surface area contributed by atoms with Crippen molar-refractivity contribution in [2.45, 2.75) is 46.2 Å². The average Bonchev–Trinajstić information content (AvgIpc) is 2.50. The van der Waals surface area contributed by atoms with E-state index in [1.54, 1.807) is 0 Å². The largest absolute Gasteiger partial charge is 0.355 e. The molecule has 0 saturated heterocycles. The van der Waals surface area contributed by atoms with Gasteiger partial charge >= 0.3 is 0 Å². The summed E-state index contributed by atoms with van der Waals surface area (Å²) >= 11 is 0. The Hall–Kier alpha value is -0.530. The molecule has 0 aliphatic carbocycles. The first-order chi connectivity index (χ1) is 5.66. The molecule has 0 spiro atoms. The van der Waals surface area contributed by atoms with E-state index >= 15 is 0 Å². The van der Waals surface area contributed by atoms with E-state index in [0.29, 0.717) is 12.1 Å². The van der Waals surface area contributed by atoms with Gasteiger partial charge in [0.05, 0.1) is 18.9 Å². The van der Waals surface area contributed by atoms with Crippen LogP contribution < -0.4 is 0 Å². The lowest BCUT2D eigenvalue weighted by Gasteiger charge is -2.31. The first-order valence-corrected chi connectivity index (χ1v) is 4.94. The third kappa shape index (κ3) is 1.79. The van der Waals surface area contributed by atoms with Gasteiger partial charge in [0.2, 0.25) is 0 Å². The van der Waals surface area contributed by atoms with Crippen molar-refractivity contribution in [3.8, 4) is 0 Å². The maximum Gasteiger partial charge on any atom is 0.0856 e. The van der Waals surface area contributed by atoms with Crippen molar-refractivity contribution < 1.29 is 0 Å². The highest BCUT2D eigenvalue weighted by atomic mass is 15.3. The van der Waals surface area contributed by atoms with Crippen LogP contribution in [0.15, 0.2) is 4.99 Å². The van der Waals surface area contributed by atoms with Crippen molar-refractivity contribution in [1.82, 2.24) is 4.90 Å². The summed E-state index contributed by atoms with van der Waals surface area (Å²) in [6.45, 7) is 10.0. The molecule has 2 nitrogen and oxygen atoms in total. The van der Waals surface area contributed by atoms with Gasteiger partial charge in [-0.05, 0) is 19.8 Å². The minimum absolute atomic E-state index is 0.593. The molecule has 0 saturated carbocycles. The number of aliphatic imine (C=N–C) groups is 1. The molecule has 0 aromatic rings. The number of rotatable bonds is 3. The summed E-state index contributed by atoms with van der Waals surface area (Å²) < 4.78 is 0. The third-order valence-corrected chi connectivity index (χ3v) is 2.79. The van der Waals surface area contributed by atoms with Gasteiger partial charge in [-0.2, -0.15) is 0 Å². The van der Waals surface area contributed by atoms with Crippen LogP contribution in [0.5, 0.6) is 0 Å². The molecule has 2 heteroatoms. The van der Waals surface area contributed by atoms with Crippen molar-refractivity contribution in [3.05, 3.63) is 0 Å². The molecule has 1 aliphatic heterocycles. The fourth-order valence-electron chi connectivity index (χ4n) is 1.69. The second-order valence-corrected chi connectivity index (χ2v) is 3.97. The van der Waals surface area contributed by atoms with E-state index < -0.39 is 0 Å². The second kappa shape index (κ2) is 3.92. The minimum atomic E-state index is 0.593. The fourth-order valence-corrected chi connectivity index (χ4v) is 1.69. The predicted octanol–water partition coefficient (Wildman–Crippen LogP) is 2.15. The van der Waals surface area contributed by atoms with Crippen LogP contribution in [0.3, 0.4) is 0 Å². The number of hydrogen-bond acceptors (Lipinski definition) is 2. The predicted molar refractivity (Wildman–Crippen MR) is 53.6 cm³/mol. The Labute approximate surface area is 75.7 Å². The zero-order valence-electron chi connectivity index (χ0n) is 8.62. The van der Waals surface area contributed by atoms with Crippen LogP contribution in [-0.4, -0.2) is 29.9 Å². The first kappa shape index (κ1) is 9.56. The standard InChI is InChI=1S/C10H20N2/c1-5-9(4)10-6-11-7-12(10)8(2)3/h7-10H,5-6H2,1-4H3. The summed E-state index contributed by atoms with van der Waals surface area (Å²) in [5, 5.41) is 0. The lowest BCUT2D eigenvalue weighted by molar-refractivity contribution is 0.227. The zero-order valence-corrected chi connectivity index (χ0v) is 8.62. The van der Waals surface area contributed by atoms with Crippen molar-refractivity contribution in [2.75, 3.05) is 6.54 Å². The highest BCUT2D eigenvalue weighted by molar-refractivity contribution is 5.58. The van der Waals surface area contributed by atoms with Crippen LogP contribution in [0.1, 0.15) is 34.1 Å². The van der Waals surface area contributed by atoms with E-state index in [0.717, 1.165) is 12.5 Å². The topological polar surface area (TPSA) is 15.6 Å². The molecule has 2 atom stereocenters. The van der Waals surface area contributed by atoms with E-state index in [2.05, 4.69) is 37.6 Å². The van der Waals surface area contributed by atoms with Gasteiger partial charge in [-0.1, -0.05) is 20.3 Å². The summed E-state index contributed by atoms with van der Waals surface area (Å²) in [7, 11) is 0. The molecule has 2 unspecified atom stereocenters. The number of nitrogens with zero attached hydrogens (tertiary/aromatic N) is 2. The fraction of sp³-hybridized carbons (Fsp3) is 0.900. The zero-order chi connectivity index (χ0) is 9.14. The van der Waals surface area contributed by atoms with Crippen molar-refractivity contribution in [1.29, 1.82) is 0 Å². The van der Waals surface area contributed by atoms with Gasteiger partial charge in [0.15, 0.2) is 0 Å². The Morgan fingerprint density at radius 3 is 2.67 bits per heavy atom. The lowest BCUT2D eigenvalue weighted by atomic mass is 9.98. The molecule has 1 heterocycles. The van der Waals surface area contributed by atoms with Gasteiger partial charge in [0.25, 0.3) is 0 Å². The summed E-state index contributed by atoms with van der Waals surface area (Å²) in [6.07, 6.45) is 3.26. The molecule has 1 rings (SSSR count). The summed E-state index contributed by atoms with van der Waals surface area (Å²) in [6, 6.07) is 1.24. The van der Waals surface area contributed by atoms with Gasteiger partial charge in [-0.15, -0.1) is 0 Å². The third-order valence-electron chi connectivity index (χ3n) is 2.79. The maximum atomic E-state index is 4.34. The number of hydrogen-bond donors (Lipinski definition) is 0. The highest BCUT2D eigenvalue weighted by Gasteiger charge is 2.26. The Bertz CT molecular complexity index is 163. The molecule has 0 N–H and O–H groups in total. The van der Waals surface area contributed by atoms with Crippen LogP contribution >= 0.6 is 0 Å². The molecule has 1 aliphatic rings. The molecule has 0 bridgehead atoms. The summed E-state index contributed by atoms with van der Waals surface area (Å²) in [4.78, 5) is 6.72. The van der Waals surface area contributed by atoms with E-state index in [4.69, 9.17) is 0 Å². The second-order valence-electron chi connectivity index (χ2n) is 3.97. The van der Waals surface area contributed by atoms with Crippen LogP contribution in [0.2, 0.25) is 0 Å². The first-order valence-electron chi connectivity index (χ1n) is 4.94. The molecule has 0 aromatic carbocycles. The average molecular weight is 168 g/mol. The molecule has 12 heavy (non-hydrogen) atoms. The lowest BCUT2D eigenvalue weighted by Crippen LogP contribution is -2.40.